The van der Waals surface area contributed by atoms with E-state index in [1.165, 1.54) is 19.0 Å². The lowest BCUT2D eigenvalue weighted by atomic mass is 10.1. The first-order chi connectivity index (χ1) is 7.23. The van der Waals surface area contributed by atoms with Crippen molar-refractivity contribution in [3.05, 3.63) is 35.1 Å². The lowest BCUT2D eigenvalue weighted by Crippen LogP contribution is -2.25. The molecule has 0 aliphatic carbocycles. The number of alkyl halides is 3. The predicted molar refractivity (Wildman–Crippen MR) is 51.9 cm³/mol. The number of hydrogen-bond acceptors (Lipinski definition) is 1. The molecule has 0 aromatic heterocycles. The standard InChI is InChI=1S/C10H10F4N2/c1-16(2)9(15)7-5-6(11)3-4-8(7)10(12,13)14/h3-5,15H,1-2H3. The van der Waals surface area contributed by atoms with Crippen LogP contribution in [0.4, 0.5) is 17.6 Å². The number of rotatable bonds is 1. The third kappa shape index (κ3) is 2.50. The first kappa shape index (κ1) is 12.5. The summed E-state index contributed by atoms with van der Waals surface area (Å²) in [5.74, 6) is -1.18. The molecule has 0 heterocycles. The highest BCUT2D eigenvalue weighted by molar-refractivity contribution is 5.97. The van der Waals surface area contributed by atoms with Gasteiger partial charge in [0, 0.05) is 19.7 Å². The van der Waals surface area contributed by atoms with Gasteiger partial charge in [0.05, 0.1) is 5.56 Å². The molecule has 0 saturated carbocycles. The van der Waals surface area contributed by atoms with Crippen LogP contribution in [-0.2, 0) is 6.18 Å². The predicted octanol–water partition coefficient (Wildman–Crippen LogP) is 2.73. The van der Waals surface area contributed by atoms with Crippen molar-refractivity contribution >= 4 is 5.84 Å². The lowest BCUT2D eigenvalue weighted by molar-refractivity contribution is -0.137. The van der Waals surface area contributed by atoms with Gasteiger partial charge in [-0.15, -0.1) is 0 Å². The van der Waals surface area contributed by atoms with Crippen molar-refractivity contribution in [1.82, 2.24) is 4.90 Å². The summed E-state index contributed by atoms with van der Waals surface area (Å²) in [7, 11) is 2.85. The van der Waals surface area contributed by atoms with E-state index in [0.717, 1.165) is 6.07 Å². The molecule has 0 atom stereocenters. The maximum absolute atomic E-state index is 12.9. The van der Waals surface area contributed by atoms with E-state index in [4.69, 9.17) is 5.41 Å². The maximum atomic E-state index is 12.9. The van der Waals surface area contributed by atoms with Crippen molar-refractivity contribution < 1.29 is 17.6 Å². The Labute approximate surface area is 90.0 Å². The highest BCUT2D eigenvalue weighted by Gasteiger charge is 2.34. The van der Waals surface area contributed by atoms with Gasteiger partial charge in [-0.05, 0) is 18.2 Å². The number of amidine groups is 1. The molecule has 0 aliphatic heterocycles. The Balaban J connectivity index is 3.35. The molecule has 1 N–H and O–H groups in total. The molecule has 6 heteroatoms. The SMILES string of the molecule is CN(C)C(=N)c1cc(F)ccc1C(F)(F)F. The van der Waals surface area contributed by atoms with Gasteiger partial charge in [0.25, 0.3) is 0 Å². The van der Waals surface area contributed by atoms with Crippen LogP contribution in [0.5, 0.6) is 0 Å². The minimum absolute atomic E-state index is 0.383. The third-order valence-corrected chi connectivity index (χ3v) is 1.99. The molecule has 0 unspecified atom stereocenters. The topological polar surface area (TPSA) is 27.1 Å². The highest BCUT2D eigenvalue weighted by Crippen LogP contribution is 2.32. The second kappa shape index (κ2) is 4.11. The lowest BCUT2D eigenvalue weighted by Gasteiger charge is -2.18. The Morgan fingerprint density at radius 3 is 2.25 bits per heavy atom. The summed E-state index contributed by atoms with van der Waals surface area (Å²) >= 11 is 0. The van der Waals surface area contributed by atoms with Crippen LogP contribution in [-0.4, -0.2) is 24.8 Å². The molecular weight excluding hydrogens is 224 g/mol. The van der Waals surface area contributed by atoms with Crippen molar-refractivity contribution in [3.8, 4) is 0 Å². The van der Waals surface area contributed by atoms with Crippen LogP contribution in [0.25, 0.3) is 0 Å². The Kier molecular flexibility index (Phi) is 3.21. The fraction of sp³-hybridized carbons (Fsp3) is 0.300. The monoisotopic (exact) mass is 234 g/mol. The van der Waals surface area contributed by atoms with E-state index in [2.05, 4.69) is 0 Å². The van der Waals surface area contributed by atoms with Crippen LogP contribution in [0.15, 0.2) is 18.2 Å². The molecule has 0 saturated heterocycles. The average Bonchev–Trinajstić information content (AvgIpc) is 2.14. The minimum Gasteiger partial charge on any atom is -0.363 e. The summed E-state index contributed by atoms with van der Waals surface area (Å²) in [5, 5.41) is 7.46. The molecule has 0 aliphatic rings. The minimum atomic E-state index is -4.59. The van der Waals surface area contributed by atoms with Gasteiger partial charge in [-0.2, -0.15) is 13.2 Å². The third-order valence-electron chi connectivity index (χ3n) is 1.99. The zero-order valence-corrected chi connectivity index (χ0v) is 8.69. The molecule has 16 heavy (non-hydrogen) atoms. The van der Waals surface area contributed by atoms with E-state index in [0.29, 0.717) is 12.1 Å². The highest BCUT2D eigenvalue weighted by atomic mass is 19.4. The number of hydrogen-bond donors (Lipinski definition) is 1. The summed E-state index contributed by atoms with van der Waals surface area (Å²) in [5.41, 5.74) is -1.47. The van der Waals surface area contributed by atoms with Crippen molar-refractivity contribution in [3.63, 3.8) is 0 Å². The molecule has 0 bridgehead atoms. The summed E-state index contributed by atoms with van der Waals surface area (Å²) in [6.07, 6.45) is -4.59. The molecule has 0 amide bonds. The Bertz CT molecular complexity index is 410. The van der Waals surface area contributed by atoms with E-state index in [-0.39, 0.29) is 5.84 Å². The van der Waals surface area contributed by atoms with Gasteiger partial charge < -0.3 is 4.90 Å². The van der Waals surface area contributed by atoms with Crippen molar-refractivity contribution in [1.29, 1.82) is 5.41 Å². The Morgan fingerprint density at radius 1 is 1.25 bits per heavy atom. The van der Waals surface area contributed by atoms with Crippen LogP contribution >= 0.6 is 0 Å². The van der Waals surface area contributed by atoms with E-state index in [1.54, 1.807) is 0 Å². The number of halogens is 4. The molecule has 2 nitrogen and oxygen atoms in total. The van der Waals surface area contributed by atoms with Gasteiger partial charge >= 0.3 is 6.18 Å². The summed E-state index contributed by atoms with van der Waals surface area (Å²) in [6, 6.07) is 2.09. The van der Waals surface area contributed by atoms with Crippen LogP contribution in [0.3, 0.4) is 0 Å². The van der Waals surface area contributed by atoms with Crippen LogP contribution < -0.4 is 0 Å². The van der Waals surface area contributed by atoms with E-state index < -0.39 is 23.1 Å². The summed E-state index contributed by atoms with van der Waals surface area (Å²) in [6.45, 7) is 0. The first-order valence-corrected chi connectivity index (χ1v) is 4.36. The van der Waals surface area contributed by atoms with Crippen molar-refractivity contribution in [2.75, 3.05) is 14.1 Å². The Hall–Kier alpha value is -1.59. The average molecular weight is 234 g/mol. The van der Waals surface area contributed by atoms with Gasteiger partial charge in [0.1, 0.15) is 11.7 Å². The molecule has 88 valence electrons. The number of benzene rings is 1. The Morgan fingerprint density at radius 2 is 1.81 bits per heavy atom. The zero-order valence-electron chi connectivity index (χ0n) is 8.69. The fourth-order valence-corrected chi connectivity index (χ4v) is 1.20. The van der Waals surface area contributed by atoms with Crippen molar-refractivity contribution in [2.24, 2.45) is 0 Å². The van der Waals surface area contributed by atoms with E-state index in [1.807, 2.05) is 0 Å². The quantitative estimate of drug-likeness (QED) is 0.451. The van der Waals surface area contributed by atoms with Crippen LogP contribution in [0, 0.1) is 11.2 Å². The molecule has 1 aromatic rings. The van der Waals surface area contributed by atoms with E-state index in [9.17, 15) is 17.6 Å². The summed E-state index contributed by atoms with van der Waals surface area (Å²) in [4.78, 5) is 1.18. The van der Waals surface area contributed by atoms with Gasteiger partial charge in [-0.1, -0.05) is 0 Å². The first-order valence-electron chi connectivity index (χ1n) is 4.36. The number of nitrogens with one attached hydrogen (secondary N) is 1. The molecule has 0 radical (unpaired) electrons. The maximum Gasteiger partial charge on any atom is 0.417 e. The second-order valence-electron chi connectivity index (χ2n) is 3.43. The fourth-order valence-electron chi connectivity index (χ4n) is 1.20. The molecule has 0 fully saturated rings. The molecule has 1 rings (SSSR count). The van der Waals surface area contributed by atoms with Gasteiger partial charge in [0.15, 0.2) is 0 Å². The van der Waals surface area contributed by atoms with Crippen LogP contribution in [0.1, 0.15) is 11.1 Å². The summed E-state index contributed by atoms with van der Waals surface area (Å²) < 4.78 is 50.6. The molecular formula is C10H10F4N2. The van der Waals surface area contributed by atoms with E-state index >= 15 is 0 Å². The largest absolute Gasteiger partial charge is 0.417 e. The van der Waals surface area contributed by atoms with Gasteiger partial charge in [0.2, 0.25) is 0 Å². The smallest absolute Gasteiger partial charge is 0.363 e. The number of nitrogens with zero attached hydrogens (tertiary/aromatic N) is 1. The molecule has 0 spiro atoms. The van der Waals surface area contributed by atoms with Gasteiger partial charge in [-0.3, -0.25) is 5.41 Å². The second-order valence-corrected chi connectivity index (χ2v) is 3.43. The zero-order chi connectivity index (χ0) is 12.5. The normalized spacial score (nSPS) is 11.4. The van der Waals surface area contributed by atoms with Gasteiger partial charge in [-0.25, -0.2) is 4.39 Å². The molecule has 1 aromatic carbocycles. The van der Waals surface area contributed by atoms with Crippen LogP contribution in [0.2, 0.25) is 0 Å². The van der Waals surface area contributed by atoms with Crippen molar-refractivity contribution in [2.45, 2.75) is 6.18 Å².